The van der Waals surface area contributed by atoms with Crippen molar-refractivity contribution >= 4 is 52.5 Å². The number of halogens is 3. The molecule has 1 aromatic heterocycles. The van der Waals surface area contributed by atoms with Crippen molar-refractivity contribution in [3.63, 3.8) is 0 Å². The fourth-order valence-corrected chi connectivity index (χ4v) is 2.47. The van der Waals surface area contributed by atoms with Crippen LogP contribution in [0.5, 0.6) is 11.6 Å². The lowest BCUT2D eigenvalue weighted by Crippen LogP contribution is -2.09. The standard InChI is InChI=1S/C14H11Cl3N2O3S/c1-3-21-13(20)7-6-18-14(23-2)19-12(7)22-11-5-9(16)8(15)4-10(11)17/h4-6H,3H2,1-2H3. The lowest BCUT2D eigenvalue weighted by Gasteiger charge is -2.12. The zero-order valence-corrected chi connectivity index (χ0v) is 15.2. The topological polar surface area (TPSA) is 61.3 Å². The first kappa shape index (κ1) is 18.1. The maximum Gasteiger partial charge on any atom is 0.345 e. The van der Waals surface area contributed by atoms with Gasteiger partial charge in [0.1, 0.15) is 11.3 Å². The molecule has 0 aliphatic rings. The molecule has 0 N–H and O–H groups in total. The minimum atomic E-state index is -0.591. The Labute approximate surface area is 152 Å². The molecule has 0 unspecified atom stereocenters. The van der Waals surface area contributed by atoms with Crippen molar-refractivity contribution in [3.8, 4) is 11.6 Å². The van der Waals surface area contributed by atoms with Gasteiger partial charge in [-0.3, -0.25) is 0 Å². The molecule has 9 heteroatoms. The number of aromatic nitrogens is 2. The number of thioether (sulfide) groups is 1. The minimum absolute atomic E-state index is 0.0306. The summed E-state index contributed by atoms with van der Waals surface area (Å²) in [6, 6.07) is 2.89. The number of rotatable bonds is 5. The molecule has 0 saturated heterocycles. The number of esters is 1. The summed E-state index contributed by atoms with van der Waals surface area (Å²) in [5.74, 6) is -0.341. The summed E-state index contributed by atoms with van der Waals surface area (Å²) < 4.78 is 10.6. The van der Waals surface area contributed by atoms with Gasteiger partial charge in [0.25, 0.3) is 0 Å². The molecule has 0 aliphatic carbocycles. The van der Waals surface area contributed by atoms with E-state index < -0.39 is 5.97 Å². The van der Waals surface area contributed by atoms with Gasteiger partial charge in [-0.1, -0.05) is 46.6 Å². The minimum Gasteiger partial charge on any atom is -0.462 e. The molecular formula is C14H11Cl3N2O3S. The van der Waals surface area contributed by atoms with Crippen LogP contribution in [0.2, 0.25) is 15.1 Å². The average Bonchev–Trinajstić information content (AvgIpc) is 2.52. The van der Waals surface area contributed by atoms with Crippen LogP contribution < -0.4 is 4.74 Å². The number of benzene rings is 1. The van der Waals surface area contributed by atoms with E-state index in [1.54, 1.807) is 13.2 Å². The third kappa shape index (κ3) is 4.41. The molecule has 0 fully saturated rings. The van der Waals surface area contributed by atoms with E-state index in [9.17, 15) is 4.79 Å². The van der Waals surface area contributed by atoms with E-state index in [1.165, 1.54) is 30.1 Å². The van der Waals surface area contributed by atoms with Crippen molar-refractivity contribution in [1.29, 1.82) is 0 Å². The average molecular weight is 394 g/mol. The van der Waals surface area contributed by atoms with E-state index in [0.717, 1.165) is 0 Å². The number of hydrogen-bond donors (Lipinski definition) is 0. The SMILES string of the molecule is CCOC(=O)c1cnc(SC)nc1Oc1cc(Cl)c(Cl)cc1Cl. The predicted octanol–water partition coefficient (Wildman–Crippen LogP) is 5.13. The van der Waals surface area contributed by atoms with Gasteiger partial charge >= 0.3 is 5.97 Å². The van der Waals surface area contributed by atoms with Crippen molar-refractivity contribution in [1.82, 2.24) is 9.97 Å². The monoisotopic (exact) mass is 392 g/mol. The van der Waals surface area contributed by atoms with Gasteiger partial charge in [0.15, 0.2) is 5.16 Å². The van der Waals surface area contributed by atoms with Crippen LogP contribution in [0.25, 0.3) is 0 Å². The van der Waals surface area contributed by atoms with Crippen LogP contribution in [0.3, 0.4) is 0 Å². The molecule has 23 heavy (non-hydrogen) atoms. The van der Waals surface area contributed by atoms with Crippen LogP contribution in [0.4, 0.5) is 0 Å². The van der Waals surface area contributed by atoms with Crippen molar-refractivity contribution in [2.75, 3.05) is 12.9 Å². The van der Waals surface area contributed by atoms with Crippen LogP contribution in [-0.4, -0.2) is 28.8 Å². The second-order valence-corrected chi connectivity index (χ2v) is 6.09. The number of nitrogens with zero attached hydrogens (tertiary/aromatic N) is 2. The Kier molecular flexibility index (Phi) is 6.35. The van der Waals surface area contributed by atoms with Crippen LogP contribution in [0.15, 0.2) is 23.5 Å². The van der Waals surface area contributed by atoms with Gasteiger partial charge in [-0.05, 0) is 19.2 Å². The molecule has 1 aromatic carbocycles. The Hall–Kier alpha value is -1.21. The Bertz CT molecular complexity index is 743. The molecule has 0 atom stereocenters. The molecule has 0 amide bonds. The summed E-state index contributed by atoms with van der Waals surface area (Å²) in [6.07, 6.45) is 3.15. The highest BCUT2D eigenvalue weighted by molar-refractivity contribution is 7.98. The van der Waals surface area contributed by atoms with Gasteiger partial charge in [0.05, 0.1) is 21.7 Å². The third-order valence-electron chi connectivity index (χ3n) is 2.59. The summed E-state index contributed by atoms with van der Waals surface area (Å²) in [5, 5.41) is 1.23. The van der Waals surface area contributed by atoms with Crippen LogP contribution >= 0.6 is 46.6 Å². The normalized spacial score (nSPS) is 10.5. The van der Waals surface area contributed by atoms with Gasteiger partial charge in [-0.25, -0.2) is 9.78 Å². The molecule has 2 rings (SSSR count). The lowest BCUT2D eigenvalue weighted by atomic mass is 10.3. The zero-order valence-electron chi connectivity index (χ0n) is 12.1. The third-order valence-corrected chi connectivity index (χ3v) is 4.17. The van der Waals surface area contributed by atoms with Gasteiger partial charge in [-0.2, -0.15) is 4.98 Å². The molecule has 0 radical (unpaired) electrons. The first-order chi connectivity index (χ1) is 11.0. The molecule has 2 aromatic rings. The number of hydrogen-bond acceptors (Lipinski definition) is 6. The first-order valence-corrected chi connectivity index (χ1v) is 8.72. The molecular weight excluding hydrogens is 383 g/mol. The van der Waals surface area contributed by atoms with E-state index in [-0.39, 0.29) is 33.8 Å². The van der Waals surface area contributed by atoms with Crippen molar-refractivity contribution < 1.29 is 14.3 Å². The fraction of sp³-hybridized carbons (Fsp3) is 0.214. The highest BCUT2D eigenvalue weighted by Gasteiger charge is 2.19. The Morgan fingerprint density at radius 2 is 1.91 bits per heavy atom. The van der Waals surface area contributed by atoms with Crippen molar-refractivity contribution in [2.24, 2.45) is 0 Å². The van der Waals surface area contributed by atoms with Gasteiger partial charge in [-0.15, -0.1) is 0 Å². The maximum absolute atomic E-state index is 12.0. The Balaban J connectivity index is 2.45. The first-order valence-electron chi connectivity index (χ1n) is 6.36. The van der Waals surface area contributed by atoms with E-state index in [4.69, 9.17) is 44.3 Å². The van der Waals surface area contributed by atoms with Crippen LogP contribution in [0.1, 0.15) is 17.3 Å². The molecule has 5 nitrogen and oxygen atoms in total. The van der Waals surface area contributed by atoms with E-state index in [0.29, 0.717) is 10.2 Å². The summed E-state index contributed by atoms with van der Waals surface area (Å²) in [4.78, 5) is 20.2. The summed E-state index contributed by atoms with van der Waals surface area (Å²) in [6.45, 7) is 1.92. The highest BCUT2D eigenvalue weighted by atomic mass is 35.5. The molecule has 0 spiro atoms. The van der Waals surface area contributed by atoms with E-state index in [1.807, 2.05) is 0 Å². The van der Waals surface area contributed by atoms with Gasteiger partial charge < -0.3 is 9.47 Å². The quantitative estimate of drug-likeness (QED) is 0.304. The molecule has 0 aliphatic heterocycles. The van der Waals surface area contributed by atoms with E-state index in [2.05, 4.69) is 9.97 Å². The second kappa shape index (κ2) is 8.06. The van der Waals surface area contributed by atoms with Crippen LogP contribution in [0, 0.1) is 0 Å². The Morgan fingerprint density at radius 3 is 2.57 bits per heavy atom. The lowest BCUT2D eigenvalue weighted by molar-refractivity contribution is 0.0521. The number of carbonyl (C=O) groups is 1. The summed E-state index contributed by atoms with van der Waals surface area (Å²) >= 11 is 19.2. The molecule has 0 saturated carbocycles. The second-order valence-electron chi connectivity index (χ2n) is 4.09. The maximum atomic E-state index is 12.0. The largest absolute Gasteiger partial charge is 0.462 e. The highest BCUT2D eigenvalue weighted by Crippen LogP contribution is 2.37. The van der Waals surface area contributed by atoms with E-state index >= 15 is 0 Å². The summed E-state index contributed by atoms with van der Waals surface area (Å²) in [5.41, 5.74) is 0.0896. The Morgan fingerprint density at radius 1 is 1.22 bits per heavy atom. The van der Waals surface area contributed by atoms with Crippen LogP contribution in [-0.2, 0) is 4.74 Å². The zero-order chi connectivity index (χ0) is 17.0. The van der Waals surface area contributed by atoms with Crippen molar-refractivity contribution in [3.05, 3.63) is 39.0 Å². The fourth-order valence-electron chi connectivity index (χ4n) is 1.56. The molecule has 0 bridgehead atoms. The number of ether oxygens (including phenoxy) is 2. The predicted molar refractivity (Wildman–Crippen MR) is 91.3 cm³/mol. The van der Waals surface area contributed by atoms with Gasteiger partial charge in [0.2, 0.25) is 5.88 Å². The summed E-state index contributed by atoms with van der Waals surface area (Å²) in [7, 11) is 0. The van der Waals surface area contributed by atoms with Gasteiger partial charge in [0, 0.05) is 12.3 Å². The smallest absolute Gasteiger partial charge is 0.345 e. The number of carbonyl (C=O) groups excluding carboxylic acids is 1. The molecule has 122 valence electrons. The van der Waals surface area contributed by atoms with Crippen molar-refractivity contribution in [2.45, 2.75) is 12.1 Å². The molecule has 1 heterocycles.